The molecule has 6 heteroatoms. The Morgan fingerprint density at radius 3 is 2.58 bits per heavy atom. The van der Waals surface area contributed by atoms with Crippen LogP contribution in [0.15, 0.2) is 30.3 Å². The van der Waals surface area contributed by atoms with Crippen molar-refractivity contribution in [1.29, 1.82) is 0 Å². The van der Waals surface area contributed by atoms with E-state index < -0.39 is 5.09 Å². The van der Waals surface area contributed by atoms with E-state index in [1.54, 1.807) is 24.3 Å². The zero-order valence-corrected chi connectivity index (χ0v) is 6.17. The predicted octanol–water partition coefficient (Wildman–Crippen LogP) is 0.540. The molecule has 0 amide bonds. The fourth-order valence-corrected chi connectivity index (χ4v) is 0.654. The molecule has 0 saturated heterocycles. The van der Waals surface area contributed by atoms with Crippen LogP contribution in [-0.4, -0.2) is 12.8 Å². The summed E-state index contributed by atoms with van der Waals surface area (Å²) in [6.07, 6.45) is 0. The van der Waals surface area contributed by atoms with Crippen LogP contribution in [0.25, 0.3) is 0 Å². The van der Waals surface area contributed by atoms with Crippen molar-refractivity contribution in [3.63, 3.8) is 0 Å². The van der Waals surface area contributed by atoms with Crippen molar-refractivity contribution in [2.24, 2.45) is 0 Å². The molecule has 5 nitrogen and oxygen atoms in total. The summed E-state index contributed by atoms with van der Waals surface area (Å²) in [5, 5.41) is 8.79. The van der Waals surface area contributed by atoms with Crippen molar-refractivity contribution in [3.05, 3.63) is 40.4 Å². The molecule has 0 radical (unpaired) electrons. The maximum atomic E-state index is 9.69. The molecule has 0 fully saturated rings. The molecule has 0 bridgehead atoms. The van der Waals surface area contributed by atoms with E-state index in [0.29, 0.717) is 5.75 Å². The highest BCUT2D eigenvalue weighted by molar-refractivity contribution is 6.18. The van der Waals surface area contributed by atoms with Crippen LogP contribution in [0, 0.1) is 10.1 Å². The van der Waals surface area contributed by atoms with Crippen LogP contribution in [0.4, 0.5) is 0 Å². The van der Waals surface area contributed by atoms with Crippen LogP contribution < -0.4 is 4.65 Å². The molecule has 0 saturated carbocycles. The number of hydrogen-bond acceptors (Lipinski definition) is 4. The van der Waals surface area contributed by atoms with Crippen LogP contribution >= 0.6 is 0 Å². The Balaban J connectivity index is 2.29. The monoisotopic (exact) mass is 167 g/mol. The molecule has 0 N–H and O–H groups in total. The first kappa shape index (κ1) is 8.38. The molecule has 0 unspecified atom stereocenters. The summed E-state index contributed by atoms with van der Waals surface area (Å²) in [5.74, 6) is 0.541. The van der Waals surface area contributed by atoms with Gasteiger partial charge in [0.2, 0.25) is 0 Å². The van der Waals surface area contributed by atoms with E-state index in [2.05, 4.69) is 4.76 Å². The van der Waals surface area contributed by atoms with E-state index in [4.69, 9.17) is 4.65 Å². The Bertz CT molecular complexity index is 253. The summed E-state index contributed by atoms with van der Waals surface area (Å²) in [6, 6.07) is 8.72. The van der Waals surface area contributed by atoms with E-state index in [1.165, 1.54) is 0 Å². The van der Waals surface area contributed by atoms with E-state index >= 15 is 0 Å². The van der Waals surface area contributed by atoms with Crippen molar-refractivity contribution < 1.29 is 14.5 Å². The van der Waals surface area contributed by atoms with Crippen molar-refractivity contribution in [3.8, 4) is 5.75 Å². The minimum absolute atomic E-state index is 0.378. The molecule has 1 aromatic rings. The van der Waals surface area contributed by atoms with Crippen LogP contribution in [-0.2, 0) is 4.76 Å². The van der Waals surface area contributed by atoms with Gasteiger partial charge in [0.25, 0.3) is 5.09 Å². The van der Waals surface area contributed by atoms with Crippen molar-refractivity contribution in [1.82, 2.24) is 0 Å². The van der Waals surface area contributed by atoms with Gasteiger partial charge >= 0.3 is 7.69 Å². The van der Waals surface area contributed by atoms with Gasteiger partial charge in [-0.15, -0.1) is 10.1 Å². The summed E-state index contributed by atoms with van der Waals surface area (Å²) >= 11 is 0. The van der Waals surface area contributed by atoms with Gasteiger partial charge in [-0.3, -0.25) is 0 Å². The molecular formula is C6H6BNO4. The number of rotatable bonds is 4. The zero-order valence-electron chi connectivity index (χ0n) is 6.17. The third-order valence-corrected chi connectivity index (χ3v) is 1.13. The molecule has 0 atom stereocenters. The van der Waals surface area contributed by atoms with Crippen LogP contribution in [0.5, 0.6) is 5.75 Å². The van der Waals surface area contributed by atoms with Gasteiger partial charge in [0.15, 0.2) is 0 Å². The minimum Gasteiger partial charge on any atom is -0.541 e. The lowest BCUT2D eigenvalue weighted by Crippen LogP contribution is -2.12. The molecule has 0 aromatic heterocycles. The third kappa shape index (κ3) is 2.91. The van der Waals surface area contributed by atoms with Gasteiger partial charge in [-0.05, 0) is 12.1 Å². The Morgan fingerprint density at radius 2 is 2.00 bits per heavy atom. The average Bonchev–Trinajstić information content (AvgIpc) is 2.05. The van der Waals surface area contributed by atoms with Crippen LogP contribution in [0.1, 0.15) is 0 Å². The van der Waals surface area contributed by atoms with Crippen LogP contribution in [0.3, 0.4) is 0 Å². The van der Waals surface area contributed by atoms with E-state index in [-0.39, 0.29) is 7.69 Å². The van der Waals surface area contributed by atoms with Gasteiger partial charge in [-0.25, -0.2) is 0 Å². The maximum absolute atomic E-state index is 9.69. The second-order valence-electron chi connectivity index (χ2n) is 1.93. The van der Waals surface area contributed by atoms with Gasteiger partial charge in [0.1, 0.15) is 0 Å². The Kier molecular flexibility index (Phi) is 2.95. The molecule has 1 rings (SSSR count). The predicted molar refractivity (Wildman–Crippen MR) is 42.3 cm³/mol. The van der Waals surface area contributed by atoms with E-state index in [1.807, 2.05) is 6.07 Å². The normalized spacial score (nSPS) is 8.67. The number of nitrogens with zero attached hydrogens (tertiary/aromatic N) is 1. The second-order valence-corrected chi connectivity index (χ2v) is 1.93. The van der Waals surface area contributed by atoms with Crippen molar-refractivity contribution in [2.75, 3.05) is 0 Å². The molecule has 12 heavy (non-hydrogen) atoms. The van der Waals surface area contributed by atoms with Crippen molar-refractivity contribution in [2.45, 2.75) is 0 Å². The quantitative estimate of drug-likeness (QED) is 0.373. The zero-order chi connectivity index (χ0) is 8.81. The number of benzene rings is 1. The first-order valence-corrected chi connectivity index (χ1v) is 3.24. The first-order valence-electron chi connectivity index (χ1n) is 3.24. The summed E-state index contributed by atoms with van der Waals surface area (Å²) in [4.78, 5) is 9.69. The van der Waals surface area contributed by atoms with Gasteiger partial charge in [-0.2, -0.15) is 0 Å². The molecule has 1 aromatic carbocycles. The molecule has 0 heterocycles. The lowest BCUT2D eigenvalue weighted by Gasteiger charge is -2.01. The molecule has 0 aliphatic rings. The topological polar surface area (TPSA) is 61.6 Å². The first-order chi connectivity index (χ1) is 5.79. The van der Waals surface area contributed by atoms with Crippen molar-refractivity contribution >= 4 is 7.69 Å². The molecule has 0 aliphatic carbocycles. The highest BCUT2D eigenvalue weighted by Gasteiger charge is 1.99. The fourth-order valence-electron chi connectivity index (χ4n) is 0.654. The van der Waals surface area contributed by atoms with Crippen LogP contribution in [0.2, 0.25) is 0 Å². The summed E-state index contributed by atoms with van der Waals surface area (Å²) in [7, 11) is -0.378. The average molecular weight is 167 g/mol. The Labute approximate surface area is 69.3 Å². The van der Waals surface area contributed by atoms with E-state index in [9.17, 15) is 10.1 Å². The van der Waals surface area contributed by atoms with Gasteiger partial charge in [0, 0.05) is 0 Å². The molecule has 0 spiro atoms. The SMILES string of the molecule is O=[N+]([O-])OBOc1ccccc1. The standard InChI is InChI=1S/C6H6BNO4/c9-8(10)12-7-11-6-4-2-1-3-5-6/h1-5,7H. The number of hydrogen-bond donors (Lipinski definition) is 0. The maximum Gasteiger partial charge on any atom is 0.548 e. The lowest BCUT2D eigenvalue weighted by atomic mass is 10.3. The molecule has 62 valence electrons. The smallest absolute Gasteiger partial charge is 0.541 e. The Morgan fingerprint density at radius 1 is 1.33 bits per heavy atom. The molecule has 0 aliphatic heterocycles. The van der Waals surface area contributed by atoms with Gasteiger partial charge < -0.3 is 9.41 Å². The molecular weight excluding hydrogens is 161 g/mol. The van der Waals surface area contributed by atoms with Gasteiger partial charge in [-0.1, -0.05) is 18.2 Å². The summed E-state index contributed by atoms with van der Waals surface area (Å²) in [5.41, 5.74) is 0. The largest absolute Gasteiger partial charge is 0.548 e. The third-order valence-electron chi connectivity index (χ3n) is 1.13. The summed E-state index contributed by atoms with van der Waals surface area (Å²) < 4.78 is 8.80. The number of para-hydroxylation sites is 1. The fraction of sp³-hybridized carbons (Fsp3) is 0. The lowest BCUT2D eigenvalue weighted by molar-refractivity contribution is -0.718. The summed E-state index contributed by atoms with van der Waals surface area (Å²) in [6.45, 7) is 0. The second kappa shape index (κ2) is 4.22. The minimum atomic E-state index is -0.900. The van der Waals surface area contributed by atoms with E-state index in [0.717, 1.165) is 0 Å². The van der Waals surface area contributed by atoms with Gasteiger partial charge in [0.05, 0.1) is 5.75 Å². The highest BCUT2D eigenvalue weighted by Crippen LogP contribution is 2.06. The Hall–Kier alpha value is -1.72. The highest BCUT2D eigenvalue weighted by atomic mass is 16.9.